The molecule has 15 heavy (non-hydrogen) atoms. The van der Waals surface area contributed by atoms with Gasteiger partial charge in [-0.15, -0.1) is 0 Å². The SMILES string of the molecule is C/C=C(\C)[SiH](c1ccccc1)C(C)(C)C. The Bertz CT molecular complexity index is 330. The first-order valence-corrected chi connectivity index (χ1v) is 7.37. The molecule has 0 heterocycles. The summed E-state index contributed by atoms with van der Waals surface area (Å²) < 4.78 is 0. The van der Waals surface area contributed by atoms with Crippen LogP contribution >= 0.6 is 0 Å². The molecule has 1 atom stereocenters. The first-order valence-electron chi connectivity index (χ1n) is 5.64. The molecule has 0 aliphatic rings. The maximum atomic E-state index is 2.36. The monoisotopic (exact) mass is 218 g/mol. The van der Waals surface area contributed by atoms with E-state index in [2.05, 4.69) is 71.0 Å². The lowest BCUT2D eigenvalue weighted by molar-refractivity contribution is 0.746. The summed E-state index contributed by atoms with van der Waals surface area (Å²) in [4.78, 5) is 0. The van der Waals surface area contributed by atoms with Crippen LogP contribution in [0, 0.1) is 0 Å². The molecule has 0 amide bonds. The van der Waals surface area contributed by atoms with Crippen LogP contribution in [0.3, 0.4) is 0 Å². The van der Waals surface area contributed by atoms with Gasteiger partial charge < -0.3 is 0 Å². The highest BCUT2D eigenvalue weighted by atomic mass is 28.3. The Balaban J connectivity index is 3.14. The normalized spacial score (nSPS) is 15.1. The number of rotatable bonds is 2. The lowest BCUT2D eigenvalue weighted by Crippen LogP contribution is -2.40. The minimum Gasteiger partial charge on any atom is -0.0925 e. The molecule has 0 spiro atoms. The second-order valence-electron chi connectivity index (χ2n) is 5.24. The molecule has 1 aromatic carbocycles. The fraction of sp³-hybridized carbons (Fsp3) is 0.429. The Morgan fingerprint density at radius 1 is 1.13 bits per heavy atom. The molecule has 0 aromatic heterocycles. The van der Waals surface area contributed by atoms with Gasteiger partial charge in [0.05, 0.1) is 0 Å². The van der Waals surface area contributed by atoms with Gasteiger partial charge in [0.15, 0.2) is 0 Å². The van der Waals surface area contributed by atoms with Crippen LogP contribution in [-0.2, 0) is 0 Å². The third-order valence-electron chi connectivity index (χ3n) is 2.91. The number of benzene rings is 1. The predicted molar refractivity (Wildman–Crippen MR) is 72.4 cm³/mol. The molecule has 1 aromatic rings. The van der Waals surface area contributed by atoms with Gasteiger partial charge in [0.1, 0.15) is 8.80 Å². The highest BCUT2D eigenvalue weighted by Gasteiger charge is 2.28. The summed E-state index contributed by atoms with van der Waals surface area (Å²) in [5, 5.41) is 3.56. The third-order valence-corrected chi connectivity index (χ3v) is 6.94. The van der Waals surface area contributed by atoms with Crippen molar-refractivity contribution in [3.63, 3.8) is 0 Å². The molecule has 82 valence electrons. The highest BCUT2D eigenvalue weighted by molar-refractivity contribution is 6.82. The largest absolute Gasteiger partial charge is 0.102 e. The van der Waals surface area contributed by atoms with Crippen molar-refractivity contribution in [1.29, 1.82) is 0 Å². The molecule has 1 unspecified atom stereocenters. The molecule has 0 radical (unpaired) electrons. The molecule has 1 heteroatoms. The molecule has 1 rings (SSSR count). The van der Waals surface area contributed by atoms with Crippen molar-refractivity contribution in [2.24, 2.45) is 0 Å². The molecule has 0 nitrogen and oxygen atoms in total. The van der Waals surface area contributed by atoms with E-state index in [1.165, 1.54) is 0 Å². The van der Waals surface area contributed by atoms with Crippen molar-refractivity contribution in [1.82, 2.24) is 0 Å². The zero-order chi connectivity index (χ0) is 11.5. The summed E-state index contributed by atoms with van der Waals surface area (Å²) in [6, 6.07) is 11.0. The fourth-order valence-electron chi connectivity index (χ4n) is 2.26. The third kappa shape index (κ3) is 3.06. The van der Waals surface area contributed by atoms with Gasteiger partial charge in [-0.25, -0.2) is 0 Å². The average Bonchev–Trinajstić information content (AvgIpc) is 2.17. The molecule has 0 saturated heterocycles. The average molecular weight is 218 g/mol. The van der Waals surface area contributed by atoms with Gasteiger partial charge in [0, 0.05) is 0 Å². The van der Waals surface area contributed by atoms with Crippen LogP contribution in [0.5, 0.6) is 0 Å². The standard InChI is InChI=1S/C14H22Si/c1-6-12(2)15(14(3,4)5)13-10-8-7-9-11-13/h6-11,15H,1-5H3/b12-6+. The summed E-state index contributed by atoms with van der Waals surface area (Å²) >= 11 is 0. The Labute approximate surface area is 95.6 Å². The van der Waals surface area contributed by atoms with Gasteiger partial charge in [-0.3, -0.25) is 0 Å². The van der Waals surface area contributed by atoms with Crippen LogP contribution in [0.15, 0.2) is 41.6 Å². The molecular formula is C14H22Si. The summed E-state index contributed by atoms with van der Waals surface area (Å²) in [6.07, 6.45) is 2.29. The van der Waals surface area contributed by atoms with Gasteiger partial charge in [-0.05, 0) is 18.9 Å². The van der Waals surface area contributed by atoms with Gasteiger partial charge >= 0.3 is 0 Å². The van der Waals surface area contributed by atoms with Crippen LogP contribution in [0.1, 0.15) is 34.6 Å². The first-order chi connectivity index (χ1) is 6.96. The second-order valence-corrected chi connectivity index (χ2v) is 9.42. The molecular weight excluding hydrogens is 196 g/mol. The number of allylic oxidation sites excluding steroid dienone is 2. The summed E-state index contributed by atoms with van der Waals surface area (Å²) in [7, 11) is -1.01. The molecule has 0 saturated carbocycles. The van der Waals surface area contributed by atoms with Crippen LogP contribution < -0.4 is 5.19 Å². The first kappa shape index (κ1) is 12.2. The van der Waals surface area contributed by atoms with E-state index in [0.717, 1.165) is 0 Å². The maximum absolute atomic E-state index is 2.36. The van der Waals surface area contributed by atoms with E-state index in [1.807, 2.05) is 0 Å². The van der Waals surface area contributed by atoms with E-state index < -0.39 is 8.80 Å². The lowest BCUT2D eigenvalue weighted by Gasteiger charge is -2.30. The molecule has 0 aliphatic heterocycles. The summed E-state index contributed by atoms with van der Waals surface area (Å²) in [5.74, 6) is 0. The topological polar surface area (TPSA) is 0 Å². The van der Waals surface area contributed by atoms with E-state index in [9.17, 15) is 0 Å². The smallest absolute Gasteiger partial charge is 0.0925 e. The second kappa shape index (κ2) is 4.80. The summed E-state index contributed by atoms with van der Waals surface area (Å²) in [6.45, 7) is 11.5. The van der Waals surface area contributed by atoms with Gasteiger partial charge in [-0.2, -0.15) is 0 Å². The molecule has 0 bridgehead atoms. The number of hydrogen-bond acceptors (Lipinski definition) is 0. The van der Waals surface area contributed by atoms with Crippen LogP contribution in [0.2, 0.25) is 5.04 Å². The Hall–Kier alpha value is -0.823. The van der Waals surface area contributed by atoms with Crippen LogP contribution in [0.4, 0.5) is 0 Å². The highest BCUT2D eigenvalue weighted by Crippen LogP contribution is 2.30. The molecule has 0 aliphatic carbocycles. The Kier molecular flexibility index (Phi) is 3.92. The molecule has 0 fully saturated rings. The number of hydrogen-bond donors (Lipinski definition) is 0. The quantitative estimate of drug-likeness (QED) is 0.667. The van der Waals surface area contributed by atoms with E-state index in [4.69, 9.17) is 0 Å². The van der Waals surface area contributed by atoms with Crippen molar-refractivity contribution >= 4 is 14.0 Å². The fourth-order valence-corrected chi connectivity index (χ4v) is 6.09. The van der Waals surface area contributed by atoms with Crippen LogP contribution in [0.25, 0.3) is 0 Å². The van der Waals surface area contributed by atoms with Crippen molar-refractivity contribution in [2.45, 2.75) is 39.7 Å². The minimum atomic E-state index is -1.01. The Morgan fingerprint density at radius 2 is 1.67 bits per heavy atom. The maximum Gasteiger partial charge on any atom is 0.102 e. The van der Waals surface area contributed by atoms with Gasteiger partial charge in [-0.1, -0.05) is 67.6 Å². The zero-order valence-corrected chi connectivity index (χ0v) is 11.7. The van der Waals surface area contributed by atoms with Crippen molar-refractivity contribution < 1.29 is 0 Å². The van der Waals surface area contributed by atoms with Crippen molar-refractivity contribution in [3.8, 4) is 0 Å². The van der Waals surface area contributed by atoms with E-state index in [0.29, 0.717) is 5.04 Å². The van der Waals surface area contributed by atoms with Crippen LogP contribution in [-0.4, -0.2) is 8.80 Å². The predicted octanol–water partition coefficient (Wildman–Crippen LogP) is 3.43. The van der Waals surface area contributed by atoms with E-state index in [1.54, 1.807) is 10.4 Å². The lowest BCUT2D eigenvalue weighted by atomic mass is 10.2. The minimum absolute atomic E-state index is 0.415. The summed E-state index contributed by atoms with van der Waals surface area (Å²) in [5.41, 5.74) is 0. The van der Waals surface area contributed by atoms with Crippen molar-refractivity contribution in [3.05, 3.63) is 41.6 Å². The van der Waals surface area contributed by atoms with E-state index >= 15 is 0 Å². The van der Waals surface area contributed by atoms with Gasteiger partial charge in [0.25, 0.3) is 0 Å². The van der Waals surface area contributed by atoms with E-state index in [-0.39, 0.29) is 0 Å². The van der Waals surface area contributed by atoms with Crippen molar-refractivity contribution in [2.75, 3.05) is 0 Å². The Morgan fingerprint density at radius 3 is 2.07 bits per heavy atom. The molecule has 0 N–H and O–H groups in total. The zero-order valence-electron chi connectivity index (χ0n) is 10.5. The van der Waals surface area contributed by atoms with Gasteiger partial charge in [0.2, 0.25) is 0 Å².